The van der Waals surface area contributed by atoms with E-state index in [4.69, 9.17) is 13.6 Å². The molecule has 0 aromatic heterocycles. The van der Waals surface area contributed by atoms with Crippen molar-refractivity contribution in [2.75, 3.05) is 19.8 Å². The molecule has 0 aliphatic carbocycles. The summed E-state index contributed by atoms with van der Waals surface area (Å²) in [7, 11) is -2.36. The second-order valence-corrected chi connectivity index (χ2v) is 9.73. The molecule has 23 heavy (non-hydrogen) atoms. The molecule has 130 valence electrons. The Morgan fingerprint density at radius 2 is 1.65 bits per heavy atom. The first-order chi connectivity index (χ1) is 11.2. The van der Waals surface area contributed by atoms with Crippen LogP contribution in [0.3, 0.4) is 0 Å². The van der Waals surface area contributed by atoms with Gasteiger partial charge in [-0.1, -0.05) is 43.2 Å². The molecule has 4 heteroatoms. The summed E-state index contributed by atoms with van der Waals surface area (Å²) in [6.07, 6.45) is 5.50. The summed E-state index contributed by atoms with van der Waals surface area (Å²) in [6.45, 7) is 8.41. The fourth-order valence-corrected chi connectivity index (χ4v) is 8.37. The van der Waals surface area contributed by atoms with Gasteiger partial charge in [-0.05, 0) is 51.6 Å². The number of rotatable bonds is 9. The number of ether oxygens (including phenoxy) is 1. The molecule has 1 aliphatic heterocycles. The topological polar surface area (TPSA) is 27.7 Å². The van der Waals surface area contributed by atoms with Gasteiger partial charge in [0.2, 0.25) is 0 Å². The Morgan fingerprint density at radius 1 is 0.957 bits per heavy atom. The summed E-state index contributed by atoms with van der Waals surface area (Å²) in [5.74, 6) is 0. The van der Waals surface area contributed by atoms with Crippen LogP contribution in [0.25, 0.3) is 0 Å². The van der Waals surface area contributed by atoms with Gasteiger partial charge >= 0.3 is 8.56 Å². The van der Waals surface area contributed by atoms with E-state index in [9.17, 15) is 0 Å². The number of aryl methyl sites for hydroxylation is 1. The lowest BCUT2D eigenvalue weighted by molar-refractivity contribution is -0.0453. The van der Waals surface area contributed by atoms with Crippen LogP contribution in [0.15, 0.2) is 30.3 Å². The molecule has 0 N–H and O–H groups in total. The van der Waals surface area contributed by atoms with Crippen molar-refractivity contribution in [1.29, 1.82) is 0 Å². The Kier molecular flexibility index (Phi) is 7.28. The first kappa shape index (κ1) is 18.7. The molecule has 1 aliphatic rings. The van der Waals surface area contributed by atoms with Crippen LogP contribution in [0.5, 0.6) is 0 Å². The van der Waals surface area contributed by atoms with Crippen molar-refractivity contribution in [2.24, 2.45) is 0 Å². The van der Waals surface area contributed by atoms with Crippen molar-refractivity contribution >= 4 is 8.56 Å². The van der Waals surface area contributed by atoms with E-state index in [2.05, 4.69) is 51.1 Å². The Balaban J connectivity index is 2.25. The van der Waals surface area contributed by atoms with Gasteiger partial charge in [-0.15, -0.1) is 0 Å². The number of hydrogen-bond donors (Lipinski definition) is 0. The molecule has 1 atom stereocenters. The van der Waals surface area contributed by atoms with E-state index >= 15 is 0 Å². The highest BCUT2D eigenvalue weighted by Crippen LogP contribution is 2.43. The minimum atomic E-state index is -2.36. The summed E-state index contributed by atoms with van der Waals surface area (Å²) >= 11 is 0. The lowest BCUT2D eigenvalue weighted by atomic mass is 10.0. The largest absolute Gasteiger partial charge is 0.393 e. The van der Waals surface area contributed by atoms with Gasteiger partial charge in [0.1, 0.15) is 5.22 Å². The van der Waals surface area contributed by atoms with Crippen LogP contribution in [0.2, 0.25) is 6.04 Å². The summed E-state index contributed by atoms with van der Waals surface area (Å²) in [6, 6.07) is 11.8. The Bertz CT molecular complexity index is 436. The molecule has 0 saturated carbocycles. The average Bonchev–Trinajstić information content (AvgIpc) is 2.57. The van der Waals surface area contributed by atoms with Crippen LogP contribution in [0.4, 0.5) is 0 Å². The van der Waals surface area contributed by atoms with E-state index in [1.54, 1.807) is 0 Å². The predicted molar refractivity (Wildman–Crippen MR) is 96.8 cm³/mol. The fourth-order valence-electron chi connectivity index (χ4n) is 3.94. The van der Waals surface area contributed by atoms with Crippen LogP contribution in [-0.2, 0) is 20.0 Å². The van der Waals surface area contributed by atoms with Gasteiger partial charge in [0.05, 0.1) is 0 Å². The van der Waals surface area contributed by atoms with Crippen molar-refractivity contribution in [3.05, 3.63) is 35.9 Å². The SMILES string of the molecule is CCOC1(CCc2ccccc2)CCCC[Si]1(OCC)OCC. The second-order valence-electron chi connectivity index (χ2n) is 6.24. The van der Waals surface area contributed by atoms with Gasteiger partial charge in [-0.3, -0.25) is 0 Å². The molecule has 3 nitrogen and oxygen atoms in total. The standard InChI is InChI=1S/C19H32O3Si/c1-4-20-19(16-14-18-12-8-7-9-13-18)15-10-11-17-23(19,21-5-2)22-6-3/h7-9,12-13H,4-6,10-11,14-17H2,1-3H3. The quantitative estimate of drug-likeness (QED) is 0.615. The van der Waals surface area contributed by atoms with E-state index in [0.29, 0.717) is 13.2 Å². The van der Waals surface area contributed by atoms with Gasteiger partial charge in [0.25, 0.3) is 0 Å². The minimum absolute atomic E-state index is 0.206. The Labute approximate surface area is 142 Å². The lowest BCUT2D eigenvalue weighted by Gasteiger charge is -2.49. The van der Waals surface area contributed by atoms with Gasteiger partial charge in [-0.2, -0.15) is 0 Å². The Hall–Kier alpha value is -0.683. The normalized spacial score (nSPS) is 23.8. The zero-order chi connectivity index (χ0) is 16.6. The van der Waals surface area contributed by atoms with Gasteiger partial charge < -0.3 is 13.6 Å². The lowest BCUT2D eigenvalue weighted by Crippen LogP contribution is -2.66. The Morgan fingerprint density at radius 3 is 2.26 bits per heavy atom. The molecule has 0 amide bonds. The zero-order valence-corrected chi connectivity index (χ0v) is 16.0. The number of hydrogen-bond acceptors (Lipinski definition) is 3. The van der Waals surface area contributed by atoms with Crippen molar-refractivity contribution in [3.8, 4) is 0 Å². The molecule has 1 heterocycles. The fraction of sp³-hybridized carbons (Fsp3) is 0.684. The van der Waals surface area contributed by atoms with Crippen molar-refractivity contribution in [2.45, 2.75) is 64.1 Å². The van der Waals surface area contributed by atoms with Gasteiger partial charge in [0, 0.05) is 19.8 Å². The summed E-state index contributed by atoms with van der Waals surface area (Å²) in [5.41, 5.74) is 1.37. The van der Waals surface area contributed by atoms with E-state index in [0.717, 1.165) is 31.9 Å². The molecule has 0 bridgehead atoms. The molecule has 1 aromatic rings. The van der Waals surface area contributed by atoms with Gasteiger partial charge in [-0.25, -0.2) is 0 Å². The highest BCUT2D eigenvalue weighted by atomic mass is 28.4. The maximum Gasteiger partial charge on any atom is 0.371 e. The highest BCUT2D eigenvalue weighted by molar-refractivity contribution is 6.70. The molecule has 1 aromatic carbocycles. The molecule has 0 spiro atoms. The molecule has 1 unspecified atom stereocenters. The molecular formula is C19H32O3Si. The first-order valence-corrected chi connectivity index (χ1v) is 11.2. The van der Waals surface area contributed by atoms with Crippen LogP contribution < -0.4 is 0 Å². The number of benzene rings is 1. The van der Waals surface area contributed by atoms with Crippen LogP contribution in [0.1, 0.15) is 52.0 Å². The molecule has 0 radical (unpaired) electrons. The molecule has 1 fully saturated rings. The average molecular weight is 337 g/mol. The van der Waals surface area contributed by atoms with Crippen LogP contribution >= 0.6 is 0 Å². The predicted octanol–water partition coefficient (Wildman–Crippen LogP) is 4.63. The summed E-state index contributed by atoms with van der Waals surface area (Å²) in [5, 5.41) is -0.206. The smallest absolute Gasteiger partial charge is 0.371 e. The second kappa shape index (κ2) is 8.97. The van der Waals surface area contributed by atoms with E-state index < -0.39 is 8.56 Å². The van der Waals surface area contributed by atoms with E-state index in [-0.39, 0.29) is 5.22 Å². The third-order valence-corrected chi connectivity index (χ3v) is 9.42. The monoisotopic (exact) mass is 336 g/mol. The van der Waals surface area contributed by atoms with Crippen LogP contribution in [0, 0.1) is 0 Å². The third-order valence-electron chi connectivity index (χ3n) is 4.87. The molecular weight excluding hydrogens is 304 g/mol. The summed E-state index contributed by atoms with van der Waals surface area (Å²) in [4.78, 5) is 0. The van der Waals surface area contributed by atoms with Crippen molar-refractivity contribution < 1.29 is 13.6 Å². The van der Waals surface area contributed by atoms with Crippen molar-refractivity contribution in [3.63, 3.8) is 0 Å². The molecule has 2 rings (SSSR count). The van der Waals surface area contributed by atoms with E-state index in [1.165, 1.54) is 18.4 Å². The first-order valence-electron chi connectivity index (χ1n) is 9.17. The molecule has 1 saturated heterocycles. The van der Waals surface area contributed by atoms with Crippen LogP contribution in [-0.4, -0.2) is 33.6 Å². The maximum atomic E-state index is 6.43. The van der Waals surface area contributed by atoms with Gasteiger partial charge in [0.15, 0.2) is 0 Å². The highest BCUT2D eigenvalue weighted by Gasteiger charge is 2.59. The zero-order valence-electron chi connectivity index (χ0n) is 15.0. The minimum Gasteiger partial charge on any atom is -0.393 e. The third kappa shape index (κ3) is 4.24. The summed E-state index contributed by atoms with van der Waals surface area (Å²) < 4.78 is 19.1. The van der Waals surface area contributed by atoms with E-state index in [1.807, 2.05) is 0 Å². The van der Waals surface area contributed by atoms with Crippen molar-refractivity contribution in [1.82, 2.24) is 0 Å². The maximum absolute atomic E-state index is 6.43.